The molecular weight excluding hydrogens is 496 g/mol. The molecule has 0 saturated carbocycles. The number of amides is 2. The number of carbonyl (C=O) groups excluding carboxylic acids is 1. The molecule has 0 saturated heterocycles. The SMILES string of the molecule is CC(C)c1cc(NC(=O)Nc2ccc(Oc3ccnc(-c4cn[nH]c4)c3)cc2)n(-c2ccc3ocnc3c2)n1. The number of urea groups is 1. The smallest absolute Gasteiger partial charge is 0.324 e. The molecule has 0 atom stereocenters. The third kappa shape index (κ3) is 5.18. The van der Waals surface area contributed by atoms with E-state index in [9.17, 15) is 4.79 Å². The molecule has 0 aliphatic carbocycles. The highest BCUT2D eigenvalue weighted by Gasteiger charge is 2.16. The number of benzene rings is 2. The largest absolute Gasteiger partial charge is 0.457 e. The molecule has 0 fully saturated rings. The van der Waals surface area contributed by atoms with Gasteiger partial charge in [-0.05, 0) is 54.4 Å². The highest BCUT2D eigenvalue weighted by Crippen LogP contribution is 2.27. The summed E-state index contributed by atoms with van der Waals surface area (Å²) in [6, 6.07) is 17.7. The van der Waals surface area contributed by atoms with Gasteiger partial charge in [0.25, 0.3) is 0 Å². The number of rotatable bonds is 7. The Morgan fingerprint density at radius 3 is 2.67 bits per heavy atom. The number of carbonyl (C=O) groups is 1. The van der Waals surface area contributed by atoms with Crippen LogP contribution >= 0.6 is 0 Å². The van der Waals surface area contributed by atoms with E-state index in [-0.39, 0.29) is 5.92 Å². The molecule has 3 N–H and O–H groups in total. The zero-order chi connectivity index (χ0) is 26.8. The van der Waals surface area contributed by atoms with Crippen molar-refractivity contribution in [2.75, 3.05) is 10.6 Å². The number of aromatic nitrogens is 6. The fraction of sp³-hybridized carbons (Fsp3) is 0.107. The Balaban J connectivity index is 1.15. The molecule has 0 spiro atoms. The van der Waals surface area contributed by atoms with E-state index in [0.717, 1.165) is 22.6 Å². The Morgan fingerprint density at radius 1 is 1.00 bits per heavy atom. The van der Waals surface area contributed by atoms with Gasteiger partial charge in [0.15, 0.2) is 12.0 Å². The number of fused-ring (bicyclic) bond motifs is 1. The van der Waals surface area contributed by atoms with Crippen LogP contribution in [0.5, 0.6) is 11.5 Å². The van der Waals surface area contributed by atoms with Gasteiger partial charge in [0.05, 0.1) is 23.3 Å². The fourth-order valence-corrected chi connectivity index (χ4v) is 3.99. The molecule has 194 valence electrons. The summed E-state index contributed by atoms with van der Waals surface area (Å²) in [5, 5.41) is 17.2. The predicted octanol–water partition coefficient (Wildman–Crippen LogP) is 6.36. The van der Waals surface area contributed by atoms with E-state index in [1.54, 1.807) is 53.6 Å². The zero-order valence-electron chi connectivity index (χ0n) is 21.1. The van der Waals surface area contributed by atoms with E-state index in [4.69, 9.17) is 14.3 Å². The first-order valence-electron chi connectivity index (χ1n) is 12.3. The van der Waals surface area contributed by atoms with E-state index in [2.05, 4.69) is 30.8 Å². The van der Waals surface area contributed by atoms with Gasteiger partial charge in [0.2, 0.25) is 0 Å². The van der Waals surface area contributed by atoms with Gasteiger partial charge in [-0.25, -0.2) is 14.5 Å². The number of hydrogen-bond acceptors (Lipinski definition) is 7. The molecule has 39 heavy (non-hydrogen) atoms. The maximum Gasteiger partial charge on any atom is 0.324 e. The van der Waals surface area contributed by atoms with Crippen molar-refractivity contribution in [1.82, 2.24) is 29.9 Å². The molecule has 4 aromatic heterocycles. The third-order valence-electron chi connectivity index (χ3n) is 5.99. The minimum Gasteiger partial charge on any atom is -0.457 e. The number of H-pyrrole nitrogens is 1. The quantitative estimate of drug-likeness (QED) is 0.223. The molecular formula is C28H24N8O3. The Kier molecular flexibility index (Phi) is 6.21. The lowest BCUT2D eigenvalue weighted by molar-refractivity contribution is 0.262. The summed E-state index contributed by atoms with van der Waals surface area (Å²) in [4.78, 5) is 21.5. The highest BCUT2D eigenvalue weighted by atomic mass is 16.5. The van der Waals surface area contributed by atoms with Crippen LogP contribution in [-0.4, -0.2) is 36.0 Å². The molecule has 11 heteroatoms. The maximum atomic E-state index is 12.9. The number of hydrogen-bond donors (Lipinski definition) is 3. The van der Waals surface area contributed by atoms with E-state index in [1.807, 2.05) is 44.2 Å². The Hall–Kier alpha value is -5.45. The van der Waals surface area contributed by atoms with Crippen LogP contribution in [0.2, 0.25) is 0 Å². The summed E-state index contributed by atoms with van der Waals surface area (Å²) >= 11 is 0. The second-order valence-corrected chi connectivity index (χ2v) is 9.09. The maximum absolute atomic E-state index is 12.9. The highest BCUT2D eigenvalue weighted by molar-refractivity contribution is 5.99. The van der Waals surface area contributed by atoms with Gasteiger partial charge in [-0.15, -0.1) is 0 Å². The fourth-order valence-electron chi connectivity index (χ4n) is 3.99. The third-order valence-corrected chi connectivity index (χ3v) is 5.99. The number of nitrogens with zero attached hydrogens (tertiary/aromatic N) is 5. The molecule has 11 nitrogen and oxygen atoms in total. The molecule has 0 bridgehead atoms. The molecule has 0 radical (unpaired) electrons. The van der Waals surface area contributed by atoms with Crippen molar-refractivity contribution in [2.45, 2.75) is 19.8 Å². The van der Waals surface area contributed by atoms with Crippen LogP contribution in [0, 0.1) is 0 Å². The summed E-state index contributed by atoms with van der Waals surface area (Å²) < 4.78 is 13.0. The van der Waals surface area contributed by atoms with Crippen LogP contribution in [0.4, 0.5) is 16.3 Å². The van der Waals surface area contributed by atoms with Crippen LogP contribution in [0.15, 0.2) is 90.1 Å². The Morgan fingerprint density at radius 2 is 1.87 bits per heavy atom. The van der Waals surface area contributed by atoms with E-state index in [1.165, 1.54) is 6.39 Å². The first-order chi connectivity index (χ1) is 19.0. The molecule has 0 unspecified atom stereocenters. The van der Waals surface area contributed by atoms with Crippen LogP contribution < -0.4 is 15.4 Å². The van der Waals surface area contributed by atoms with Gasteiger partial charge in [-0.3, -0.25) is 15.4 Å². The van der Waals surface area contributed by atoms with Crippen molar-refractivity contribution >= 4 is 28.6 Å². The number of aromatic amines is 1. The molecule has 2 amide bonds. The summed E-state index contributed by atoms with van der Waals surface area (Å²) in [7, 11) is 0. The number of oxazole rings is 1. The second kappa shape index (κ2) is 10.1. The van der Waals surface area contributed by atoms with Crippen LogP contribution in [0.25, 0.3) is 28.0 Å². The molecule has 4 heterocycles. The van der Waals surface area contributed by atoms with Gasteiger partial charge in [0, 0.05) is 35.8 Å². The topological polar surface area (TPSA) is 136 Å². The molecule has 6 rings (SSSR count). The molecule has 0 aliphatic rings. The van der Waals surface area contributed by atoms with Crippen molar-refractivity contribution in [3.63, 3.8) is 0 Å². The minimum absolute atomic E-state index is 0.175. The van der Waals surface area contributed by atoms with Crippen molar-refractivity contribution in [3.05, 3.63) is 91.3 Å². The summed E-state index contributed by atoms with van der Waals surface area (Å²) in [6.07, 6.45) is 6.54. The predicted molar refractivity (Wildman–Crippen MR) is 146 cm³/mol. The number of ether oxygens (including phenoxy) is 1. The van der Waals surface area contributed by atoms with Gasteiger partial charge in [0.1, 0.15) is 22.8 Å². The second-order valence-electron chi connectivity index (χ2n) is 9.09. The lowest BCUT2D eigenvalue weighted by Gasteiger charge is -2.11. The first-order valence-corrected chi connectivity index (χ1v) is 12.3. The van der Waals surface area contributed by atoms with Gasteiger partial charge in [-0.2, -0.15) is 10.2 Å². The van der Waals surface area contributed by atoms with Crippen LogP contribution in [0.1, 0.15) is 25.5 Å². The molecule has 2 aromatic carbocycles. The average molecular weight is 521 g/mol. The normalized spacial score (nSPS) is 11.2. The van der Waals surface area contributed by atoms with Crippen LogP contribution in [0.3, 0.4) is 0 Å². The minimum atomic E-state index is -0.401. The van der Waals surface area contributed by atoms with Crippen molar-refractivity contribution in [2.24, 2.45) is 0 Å². The monoisotopic (exact) mass is 520 g/mol. The number of nitrogens with one attached hydrogen (secondary N) is 3. The summed E-state index contributed by atoms with van der Waals surface area (Å²) in [5.74, 6) is 1.96. The summed E-state index contributed by atoms with van der Waals surface area (Å²) in [5.41, 5.74) is 5.20. The van der Waals surface area contributed by atoms with Crippen molar-refractivity contribution in [3.8, 4) is 28.4 Å². The van der Waals surface area contributed by atoms with Crippen molar-refractivity contribution < 1.29 is 13.9 Å². The van der Waals surface area contributed by atoms with Gasteiger partial charge >= 0.3 is 6.03 Å². The zero-order valence-corrected chi connectivity index (χ0v) is 21.1. The first kappa shape index (κ1) is 23.9. The van der Waals surface area contributed by atoms with E-state index in [0.29, 0.717) is 34.1 Å². The van der Waals surface area contributed by atoms with E-state index >= 15 is 0 Å². The van der Waals surface area contributed by atoms with Gasteiger partial charge in [-0.1, -0.05) is 13.8 Å². The lowest BCUT2D eigenvalue weighted by atomic mass is 10.1. The number of pyridine rings is 1. The Bertz CT molecular complexity index is 1740. The van der Waals surface area contributed by atoms with Crippen molar-refractivity contribution in [1.29, 1.82) is 0 Å². The van der Waals surface area contributed by atoms with Crippen LogP contribution in [-0.2, 0) is 0 Å². The molecule has 0 aliphatic heterocycles. The van der Waals surface area contributed by atoms with E-state index < -0.39 is 6.03 Å². The molecule has 6 aromatic rings. The average Bonchev–Trinajstić information content (AvgIpc) is 3.71. The summed E-state index contributed by atoms with van der Waals surface area (Å²) in [6.45, 7) is 4.09. The lowest BCUT2D eigenvalue weighted by Crippen LogP contribution is -2.21. The van der Waals surface area contributed by atoms with Gasteiger partial charge < -0.3 is 14.5 Å². The Labute approximate surface area is 222 Å². The standard InChI is InChI=1S/C28H24N8O3/c1-17(2)23-13-27(36(35-23)20-5-8-26-25(11-20)30-16-38-26)34-28(37)33-19-3-6-21(7-4-19)39-22-9-10-29-24(12-22)18-14-31-32-15-18/h3-17H,1-2H3,(H,31,32)(H2,33,34,37). The number of anilines is 2.